The van der Waals surface area contributed by atoms with E-state index in [4.69, 9.17) is 0 Å². The number of amides is 2. The number of halogens is 1. The molecule has 0 aliphatic carbocycles. The van der Waals surface area contributed by atoms with Crippen LogP contribution in [0.25, 0.3) is 11.3 Å². The molecule has 228 valence electrons. The molecule has 2 amide bonds. The highest BCUT2D eigenvalue weighted by Gasteiger charge is 2.24. The first kappa shape index (κ1) is 31.0. The number of anilines is 3. The van der Waals surface area contributed by atoms with Crippen LogP contribution in [0.1, 0.15) is 47.1 Å². The molecule has 44 heavy (non-hydrogen) atoms. The van der Waals surface area contributed by atoms with Gasteiger partial charge in [-0.05, 0) is 59.5 Å². The molecular formula is C33H34FN5O4S. The van der Waals surface area contributed by atoms with Gasteiger partial charge in [-0.3, -0.25) is 14.4 Å². The molecule has 2 heterocycles. The number of carbonyl (C=O) groups is 2. The third-order valence-corrected chi connectivity index (χ3v) is 8.74. The van der Waals surface area contributed by atoms with Crippen LogP contribution in [0.5, 0.6) is 0 Å². The first-order chi connectivity index (χ1) is 20.9. The molecule has 1 fully saturated rings. The van der Waals surface area contributed by atoms with Crippen LogP contribution in [-0.2, 0) is 23.6 Å². The molecule has 3 aromatic carbocycles. The van der Waals surface area contributed by atoms with E-state index in [9.17, 15) is 18.9 Å². The summed E-state index contributed by atoms with van der Waals surface area (Å²) in [7, 11) is 1.54. The van der Waals surface area contributed by atoms with E-state index in [0.717, 1.165) is 5.56 Å². The SMILES string of the molecule is Cn1cc(-c2cccc(NC(=O)c3ccc(C(C)(C)C)cc3)c2F)nc(Nc2ccc(C(=O)N3CC[S+]([O-])CC3)cc2)c1=O. The number of benzene rings is 3. The van der Waals surface area contributed by atoms with Gasteiger partial charge >= 0.3 is 0 Å². The summed E-state index contributed by atoms with van der Waals surface area (Å²) in [5.41, 5.74) is 2.25. The Morgan fingerprint density at radius 3 is 2.23 bits per heavy atom. The molecule has 0 atom stereocenters. The largest absolute Gasteiger partial charge is 0.616 e. The zero-order chi connectivity index (χ0) is 31.6. The van der Waals surface area contributed by atoms with E-state index < -0.39 is 28.5 Å². The average Bonchev–Trinajstić information content (AvgIpc) is 3.00. The molecule has 9 nitrogen and oxygen atoms in total. The molecule has 0 radical (unpaired) electrons. The molecule has 1 saturated heterocycles. The Kier molecular flexibility index (Phi) is 8.89. The quantitative estimate of drug-likeness (QED) is 0.292. The van der Waals surface area contributed by atoms with Gasteiger partial charge in [-0.2, -0.15) is 0 Å². The third kappa shape index (κ3) is 6.84. The van der Waals surface area contributed by atoms with Crippen LogP contribution in [0.2, 0.25) is 0 Å². The number of nitrogens with one attached hydrogen (secondary N) is 2. The number of rotatable bonds is 6. The minimum atomic E-state index is -0.882. The maximum Gasteiger partial charge on any atom is 0.293 e. The topological polar surface area (TPSA) is 119 Å². The van der Waals surface area contributed by atoms with E-state index in [2.05, 4.69) is 36.4 Å². The van der Waals surface area contributed by atoms with Gasteiger partial charge in [0.1, 0.15) is 11.5 Å². The molecule has 0 saturated carbocycles. The lowest BCUT2D eigenvalue weighted by Gasteiger charge is -2.28. The highest BCUT2D eigenvalue weighted by molar-refractivity contribution is 7.91. The third-order valence-electron chi connectivity index (χ3n) is 7.47. The number of hydrogen-bond acceptors (Lipinski definition) is 6. The van der Waals surface area contributed by atoms with Crippen LogP contribution >= 0.6 is 0 Å². The Morgan fingerprint density at radius 1 is 0.955 bits per heavy atom. The minimum absolute atomic E-state index is 0.0160. The number of carbonyl (C=O) groups excluding carboxylic acids is 2. The lowest BCUT2D eigenvalue weighted by molar-refractivity contribution is 0.0770. The van der Waals surface area contributed by atoms with Crippen molar-refractivity contribution in [3.05, 3.63) is 106 Å². The number of nitrogens with zero attached hydrogens (tertiary/aromatic N) is 3. The number of aryl methyl sites for hydroxylation is 1. The van der Waals surface area contributed by atoms with Crippen LogP contribution in [0, 0.1) is 5.82 Å². The maximum absolute atomic E-state index is 15.7. The molecule has 1 aromatic heterocycles. The second-order valence-corrected chi connectivity index (χ2v) is 13.4. The van der Waals surface area contributed by atoms with Crippen molar-refractivity contribution in [3.63, 3.8) is 0 Å². The summed E-state index contributed by atoms with van der Waals surface area (Å²) in [6.07, 6.45) is 1.43. The molecule has 0 bridgehead atoms. The Balaban J connectivity index is 1.34. The lowest BCUT2D eigenvalue weighted by atomic mass is 9.87. The summed E-state index contributed by atoms with van der Waals surface area (Å²) >= 11 is -0.882. The Hall–Kier alpha value is -4.48. The fraction of sp³-hybridized carbons (Fsp3) is 0.273. The predicted molar refractivity (Wildman–Crippen MR) is 171 cm³/mol. The van der Waals surface area contributed by atoms with Gasteiger partial charge in [0.15, 0.2) is 11.6 Å². The highest BCUT2D eigenvalue weighted by Crippen LogP contribution is 2.28. The fourth-order valence-corrected chi connectivity index (χ4v) is 5.87. The van der Waals surface area contributed by atoms with E-state index in [1.165, 1.54) is 29.9 Å². The van der Waals surface area contributed by atoms with E-state index in [1.807, 2.05) is 12.1 Å². The van der Waals surface area contributed by atoms with Gasteiger partial charge in [-0.15, -0.1) is 0 Å². The Morgan fingerprint density at radius 2 is 1.59 bits per heavy atom. The van der Waals surface area contributed by atoms with Gasteiger partial charge in [-0.25, -0.2) is 9.37 Å². The summed E-state index contributed by atoms with van der Waals surface area (Å²) in [6.45, 7) is 7.14. The minimum Gasteiger partial charge on any atom is -0.616 e. The highest BCUT2D eigenvalue weighted by atomic mass is 32.2. The van der Waals surface area contributed by atoms with Crippen molar-refractivity contribution in [2.45, 2.75) is 26.2 Å². The van der Waals surface area contributed by atoms with Crippen molar-refractivity contribution in [2.75, 3.05) is 35.2 Å². The number of aromatic nitrogens is 2. The molecule has 0 unspecified atom stereocenters. The van der Waals surface area contributed by atoms with E-state index in [0.29, 0.717) is 41.4 Å². The molecule has 5 rings (SSSR count). The van der Waals surface area contributed by atoms with Crippen LogP contribution in [0.3, 0.4) is 0 Å². The zero-order valence-corrected chi connectivity index (χ0v) is 25.8. The molecular weight excluding hydrogens is 581 g/mol. The van der Waals surface area contributed by atoms with Gasteiger partial charge in [0.25, 0.3) is 17.4 Å². The van der Waals surface area contributed by atoms with Crippen LogP contribution < -0.4 is 16.2 Å². The zero-order valence-electron chi connectivity index (χ0n) is 25.0. The van der Waals surface area contributed by atoms with Crippen LogP contribution in [0.4, 0.5) is 21.6 Å². The molecule has 0 spiro atoms. The molecule has 1 aliphatic heterocycles. The standard InChI is InChI=1S/C33H34FN5O4S/c1-33(2,3)23-12-8-21(9-13-23)30(40)37-26-7-5-6-25(28(26)34)27-20-38(4)32(42)29(36-27)35-24-14-10-22(11-15-24)31(41)39-16-18-44(43)19-17-39/h5-15,20H,16-19H2,1-4H3,(H,35,36)(H,37,40). The van der Waals surface area contributed by atoms with Crippen molar-refractivity contribution < 1.29 is 18.5 Å². The monoisotopic (exact) mass is 615 g/mol. The molecule has 1 aliphatic rings. The average molecular weight is 616 g/mol. The lowest BCUT2D eigenvalue weighted by Crippen LogP contribution is -2.43. The van der Waals surface area contributed by atoms with Crippen LogP contribution in [-0.4, -0.2) is 55.4 Å². The van der Waals surface area contributed by atoms with E-state index in [-0.39, 0.29) is 34.1 Å². The summed E-state index contributed by atoms with van der Waals surface area (Å²) < 4.78 is 28.6. The molecule has 11 heteroatoms. The smallest absolute Gasteiger partial charge is 0.293 e. The molecule has 4 aromatic rings. The van der Waals surface area contributed by atoms with Crippen LogP contribution in [0.15, 0.2) is 77.7 Å². The van der Waals surface area contributed by atoms with Crippen molar-refractivity contribution in [3.8, 4) is 11.3 Å². The maximum atomic E-state index is 15.7. The summed E-state index contributed by atoms with van der Waals surface area (Å²) in [4.78, 5) is 44.7. The normalized spacial score (nSPS) is 13.9. The summed E-state index contributed by atoms with van der Waals surface area (Å²) in [5.74, 6) is -0.372. The van der Waals surface area contributed by atoms with Gasteiger partial charge in [-0.1, -0.05) is 50.1 Å². The van der Waals surface area contributed by atoms with Gasteiger partial charge in [0, 0.05) is 35.6 Å². The predicted octanol–water partition coefficient (Wildman–Crippen LogP) is 5.08. The van der Waals surface area contributed by atoms with Crippen molar-refractivity contribution >= 4 is 40.2 Å². The van der Waals surface area contributed by atoms with Crippen molar-refractivity contribution in [1.29, 1.82) is 0 Å². The Bertz CT molecular complexity index is 1740. The van der Waals surface area contributed by atoms with E-state index in [1.54, 1.807) is 47.4 Å². The van der Waals surface area contributed by atoms with Crippen molar-refractivity contribution in [1.82, 2.24) is 14.5 Å². The van der Waals surface area contributed by atoms with Crippen molar-refractivity contribution in [2.24, 2.45) is 7.05 Å². The number of hydrogen-bond donors (Lipinski definition) is 2. The first-order valence-corrected chi connectivity index (χ1v) is 15.7. The second-order valence-electron chi connectivity index (χ2n) is 11.7. The fourth-order valence-electron chi connectivity index (χ4n) is 4.82. The van der Waals surface area contributed by atoms with Gasteiger partial charge < -0.3 is 24.7 Å². The van der Waals surface area contributed by atoms with E-state index >= 15 is 4.39 Å². The second kappa shape index (κ2) is 12.6. The van der Waals surface area contributed by atoms with Gasteiger partial charge in [0.2, 0.25) is 0 Å². The molecule has 2 N–H and O–H groups in total. The first-order valence-electron chi connectivity index (χ1n) is 14.2. The Labute approximate surface area is 258 Å². The summed E-state index contributed by atoms with van der Waals surface area (Å²) in [6, 6.07) is 18.4. The summed E-state index contributed by atoms with van der Waals surface area (Å²) in [5, 5.41) is 5.62. The van der Waals surface area contributed by atoms with Gasteiger partial charge in [0.05, 0.1) is 24.5 Å².